The highest BCUT2D eigenvalue weighted by atomic mass is 19.3. The summed E-state index contributed by atoms with van der Waals surface area (Å²) >= 11 is 0. The van der Waals surface area contributed by atoms with Gasteiger partial charge in [-0.3, -0.25) is 0 Å². The van der Waals surface area contributed by atoms with Crippen molar-refractivity contribution in [2.75, 3.05) is 13.6 Å². The highest BCUT2D eigenvalue weighted by Gasteiger charge is 2.22. The maximum Gasteiger partial charge on any atom is 0.387 e. The number of para-hydroxylation sites is 1. The zero-order chi connectivity index (χ0) is 12.8. The first-order chi connectivity index (χ1) is 8.06. The van der Waals surface area contributed by atoms with Crippen LogP contribution in [-0.2, 0) is 0 Å². The van der Waals surface area contributed by atoms with Crippen molar-refractivity contribution in [2.24, 2.45) is 0 Å². The lowest BCUT2D eigenvalue weighted by molar-refractivity contribution is -0.0537. The molecule has 0 bridgehead atoms. The first-order valence-electron chi connectivity index (χ1n) is 5.10. The Labute approximate surface area is 97.8 Å². The summed E-state index contributed by atoms with van der Waals surface area (Å²) in [6, 6.07) is 5.83. The molecule has 0 aromatic heterocycles. The van der Waals surface area contributed by atoms with Gasteiger partial charge in [0.25, 0.3) is 0 Å². The van der Waals surface area contributed by atoms with Crippen LogP contribution in [0.25, 0.3) is 0 Å². The van der Waals surface area contributed by atoms with Crippen LogP contribution in [0.3, 0.4) is 0 Å². The van der Waals surface area contributed by atoms with E-state index in [0.717, 1.165) is 0 Å². The van der Waals surface area contributed by atoms with Crippen molar-refractivity contribution >= 4 is 0 Å². The molecule has 17 heavy (non-hydrogen) atoms. The van der Waals surface area contributed by atoms with E-state index in [-0.39, 0.29) is 17.9 Å². The minimum absolute atomic E-state index is 0.134. The second kappa shape index (κ2) is 6.48. The van der Waals surface area contributed by atoms with Gasteiger partial charge in [0.05, 0.1) is 6.10 Å². The highest BCUT2D eigenvalue weighted by Crippen LogP contribution is 2.28. The number of rotatable bonds is 6. The minimum Gasteiger partial charge on any atom is -0.434 e. The van der Waals surface area contributed by atoms with Crippen LogP contribution >= 0.6 is 0 Å². The number of likely N-dealkylation sites (N-methyl/N-ethyl adjacent to an activating group) is 1. The molecule has 1 rings (SSSR count). The van der Waals surface area contributed by atoms with E-state index in [1.807, 2.05) is 0 Å². The van der Waals surface area contributed by atoms with Crippen LogP contribution in [0.1, 0.15) is 11.7 Å². The van der Waals surface area contributed by atoms with Gasteiger partial charge >= 0.3 is 6.61 Å². The Kier molecular flexibility index (Phi) is 5.27. The summed E-state index contributed by atoms with van der Waals surface area (Å²) in [6.07, 6.45) is -2.38. The standard InChI is InChI=1S/C11H15F2NO3/c1-14-6-8(15)10(16)7-4-2-3-5-9(7)17-11(12)13/h2-5,8,10-11,14-16H,6H2,1H3. The third-order valence-corrected chi connectivity index (χ3v) is 2.23. The first kappa shape index (κ1) is 13.8. The first-order valence-corrected chi connectivity index (χ1v) is 5.10. The third kappa shape index (κ3) is 3.92. The van der Waals surface area contributed by atoms with Gasteiger partial charge in [0, 0.05) is 12.1 Å². The molecule has 0 radical (unpaired) electrons. The molecule has 0 saturated carbocycles. The number of hydrogen-bond acceptors (Lipinski definition) is 4. The molecule has 2 unspecified atom stereocenters. The Morgan fingerprint density at radius 1 is 1.29 bits per heavy atom. The fourth-order valence-electron chi connectivity index (χ4n) is 1.46. The molecular formula is C11H15F2NO3. The van der Waals surface area contributed by atoms with E-state index in [1.165, 1.54) is 18.2 Å². The van der Waals surface area contributed by atoms with Crippen LogP contribution in [0, 0.1) is 0 Å². The van der Waals surface area contributed by atoms with Crippen LogP contribution < -0.4 is 10.1 Å². The van der Waals surface area contributed by atoms with Crippen molar-refractivity contribution in [1.82, 2.24) is 5.32 Å². The molecule has 4 nitrogen and oxygen atoms in total. The molecule has 0 aliphatic carbocycles. The van der Waals surface area contributed by atoms with E-state index in [0.29, 0.717) is 0 Å². The molecule has 0 aliphatic heterocycles. The SMILES string of the molecule is CNCC(O)C(O)c1ccccc1OC(F)F. The number of benzene rings is 1. The van der Waals surface area contributed by atoms with Crippen molar-refractivity contribution in [2.45, 2.75) is 18.8 Å². The molecule has 1 aromatic carbocycles. The molecule has 6 heteroatoms. The van der Waals surface area contributed by atoms with E-state index in [2.05, 4.69) is 10.1 Å². The fraction of sp³-hybridized carbons (Fsp3) is 0.455. The fourth-order valence-corrected chi connectivity index (χ4v) is 1.46. The Balaban J connectivity index is 2.88. The monoisotopic (exact) mass is 247 g/mol. The Hall–Kier alpha value is -1.24. The smallest absolute Gasteiger partial charge is 0.387 e. The van der Waals surface area contributed by atoms with E-state index < -0.39 is 18.8 Å². The molecule has 0 aliphatic rings. The number of nitrogens with one attached hydrogen (secondary N) is 1. The van der Waals surface area contributed by atoms with Crippen LogP contribution in [0.4, 0.5) is 8.78 Å². The summed E-state index contributed by atoms with van der Waals surface area (Å²) < 4.78 is 28.5. The predicted octanol–water partition coefficient (Wildman–Crippen LogP) is 0.902. The van der Waals surface area contributed by atoms with Crippen LogP contribution in [0.15, 0.2) is 24.3 Å². The average Bonchev–Trinajstić information content (AvgIpc) is 2.28. The van der Waals surface area contributed by atoms with Gasteiger partial charge in [0.2, 0.25) is 0 Å². The van der Waals surface area contributed by atoms with Crippen molar-refractivity contribution in [1.29, 1.82) is 0 Å². The third-order valence-electron chi connectivity index (χ3n) is 2.23. The molecule has 0 heterocycles. The van der Waals surface area contributed by atoms with Gasteiger partial charge in [-0.05, 0) is 13.1 Å². The zero-order valence-corrected chi connectivity index (χ0v) is 9.31. The summed E-state index contributed by atoms with van der Waals surface area (Å²) in [4.78, 5) is 0. The lowest BCUT2D eigenvalue weighted by Crippen LogP contribution is -2.29. The van der Waals surface area contributed by atoms with Gasteiger partial charge in [-0.1, -0.05) is 18.2 Å². The number of hydrogen-bond donors (Lipinski definition) is 3. The summed E-state index contributed by atoms with van der Waals surface area (Å²) in [7, 11) is 1.61. The van der Waals surface area contributed by atoms with Gasteiger partial charge in [-0.25, -0.2) is 0 Å². The van der Waals surface area contributed by atoms with Crippen LogP contribution in [0.2, 0.25) is 0 Å². The molecule has 0 spiro atoms. The molecule has 0 amide bonds. The normalized spacial score (nSPS) is 14.7. The van der Waals surface area contributed by atoms with Gasteiger partial charge in [-0.2, -0.15) is 8.78 Å². The van der Waals surface area contributed by atoms with Crippen molar-refractivity contribution in [3.05, 3.63) is 29.8 Å². The van der Waals surface area contributed by atoms with E-state index in [9.17, 15) is 19.0 Å². The van der Waals surface area contributed by atoms with Crippen molar-refractivity contribution in [3.63, 3.8) is 0 Å². The maximum absolute atomic E-state index is 12.1. The van der Waals surface area contributed by atoms with E-state index in [4.69, 9.17) is 0 Å². The lowest BCUT2D eigenvalue weighted by atomic mass is 10.0. The number of aliphatic hydroxyl groups excluding tert-OH is 2. The van der Waals surface area contributed by atoms with E-state index >= 15 is 0 Å². The topological polar surface area (TPSA) is 61.7 Å². The van der Waals surface area contributed by atoms with E-state index in [1.54, 1.807) is 13.1 Å². The number of aliphatic hydroxyl groups is 2. The summed E-state index contributed by atoms with van der Waals surface area (Å²) in [5.74, 6) is -0.134. The second-order valence-corrected chi connectivity index (χ2v) is 3.49. The summed E-state index contributed by atoms with van der Waals surface area (Å²) in [5, 5.41) is 22.1. The Morgan fingerprint density at radius 2 is 1.94 bits per heavy atom. The molecule has 2 atom stereocenters. The summed E-state index contributed by atoms with van der Waals surface area (Å²) in [6.45, 7) is -2.82. The molecule has 96 valence electrons. The zero-order valence-electron chi connectivity index (χ0n) is 9.31. The molecular weight excluding hydrogens is 232 g/mol. The van der Waals surface area contributed by atoms with Gasteiger partial charge in [0.1, 0.15) is 11.9 Å². The summed E-state index contributed by atoms with van der Waals surface area (Å²) in [5.41, 5.74) is 0.135. The molecule has 0 saturated heterocycles. The Morgan fingerprint density at radius 3 is 2.53 bits per heavy atom. The van der Waals surface area contributed by atoms with Crippen molar-refractivity contribution in [3.8, 4) is 5.75 Å². The average molecular weight is 247 g/mol. The molecule has 3 N–H and O–H groups in total. The lowest BCUT2D eigenvalue weighted by Gasteiger charge is -2.20. The number of ether oxygens (including phenoxy) is 1. The molecule has 1 aromatic rings. The number of alkyl halides is 2. The second-order valence-electron chi connectivity index (χ2n) is 3.49. The van der Waals surface area contributed by atoms with Crippen molar-refractivity contribution < 1.29 is 23.7 Å². The number of halogens is 2. The highest BCUT2D eigenvalue weighted by molar-refractivity contribution is 5.35. The molecule has 0 fully saturated rings. The quantitative estimate of drug-likeness (QED) is 0.699. The predicted molar refractivity (Wildman–Crippen MR) is 58.0 cm³/mol. The largest absolute Gasteiger partial charge is 0.434 e. The van der Waals surface area contributed by atoms with Crippen LogP contribution in [0.5, 0.6) is 5.75 Å². The minimum atomic E-state index is -2.97. The van der Waals surface area contributed by atoms with Gasteiger partial charge in [0.15, 0.2) is 0 Å². The Bertz CT molecular complexity index is 349. The van der Waals surface area contributed by atoms with Gasteiger partial charge in [-0.15, -0.1) is 0 Å². The maximum atomic E-state index is 12.1. The van der Waals surface area contributed by atoms with Gasteiger partial charge < -0.3 is 20.3 Å². The van der Waals surface area contributed by atoms with Crippen LogP contribution in [-0.4, -0.2) is 36.5 Å².